The molecule has 0 aromatic heterocycles. The number of benzene rings is 1. The summed E-state index contributed by atoms with van der Waals surface area (Å²) in [5.41, 5.74) is 1.11. The lowest BCUT2D eigenvalue weighted by Gasteiger charge is -2.37. The molecule has 1 aromatic rings. The van der Waals surface area contributed by atoms with Crippen molar-refractivity contribution in [2.75, 3.05) is 31.1 Å². The summed E-state index contributed by atoms with van der Waals surface area (Å²) in [7, 11) is 0. The van der Waals surface area contributed by atoms with Gasteiger partial charge >= 0.3 is 6.03 Å². The van der Waals surface area contributed by atoms with Crippen molar-refractivity contribution in [3.05, 3.63) is 29.3 Å². The van der Waals surface area contributed by atoms with Crippen LogP contribution in [-0.4, -0.2) is 55.1 Å². The number of hydrogen-bond acceptors (Lipinski definition) is 3. The van der Waals surface area contributed by atoms with Crippen molar-refractivity contribution in [3.63, 3.8) is 0 Å². The Morgan fingerprint density at radius 2 is 1.69 bits per heavy atom. The Morgan fingerprint density at radius 3 is 2.23 bits per heavy atom. The van der Waals surface area contributed by atoms with Crippen LogP contribution in [0.3, 0.4) is 0 Å². The number of nitrogens with zero attached hydrogens (tertiary/aromatic N) is 2. The minimum atomic E-state index is -0.489. The Balaban J connectivity index is 1.51. The molecule has 0 bridgehead atoms. The standard InChI is InChI=1S/C19H27ClN4O2/c1-13(2)17(18(25)21-15-5-6-15)22-19(26)24-11-9-23(10-12-24)16-7-3-14(20)4-8-16/h3-4,7-8,13,15,17H,5-6,9-12H2,1-2H3,(H,21,25)(H,22,26)/t17-/m1/s1. The second-order valence-corrected chi connectivity index (χ2v) is 7.84. The number of nitrogens with one attached hydrogen (secondary N) is 2. The average molecular weight is 379 g/mol. The lowest BCUT2D eigenvalue weighted by molar-refractivity contribution is -0.124. The van der Waals surface area contributed by atoms with Crippen molar-refractivity contribution in [1.82, 2.24) is 15.5 Å². The van der Waals surface area contributed by atoms with E-state index >= 15 is 0 Å². The van der Waals surface area contributed by atoms with E-state index in [-0.39, 0.29) is 17.9 Å². The highest BCUT2D eigenvalue weighted by molar-refractivity contribution is 6.30. The van der Waals surface area contributed by atoms with E-state index in [1.807, 2.05) is 38.1 Å². The van der Waals surface area contributed by atoms with Crippen LogP contribution in [0.5, 0.6) is 0 Å². The number of amides is 3. The number of urea groups is 1. The molecule has 142 valence electrons. The van der Waals surface area contributed by atoms with Gasteiger partial charge in [-0.1, -0.05) is 25.4 Å². The van der Waals surface area contributed by atoms with Gasteiger partial charge in [0, 0.05) is 42.9 Å². The van der Waals surface area contributed by atoms with Gasteiger partial charge < -0.3 is 20.4 Å². The van der Waals surface area contributed by atoms with Crippen LogP contribution in [0.4, 0.5) is 10.5 Å². The fourth-order valence-electron chi connectivity index (χ4n) is 3.10. The van der Waals surface area contributed by atoms with Crippen LogP contribution >= 0.6 is 11.6 Å². The Morgan fingerprint density at radius 1 is 1.08 bits per heavy atom. The molecule has 26 heavy (non-hydrogen) atoms. The van der Waals surface area contributed by atoms with Crippen molar-refractivity contribution >= 4 is 29.2 Å². The first-order chi connectivity index (χ1) is 12.4. The van der Waals surface area contributed by atoms with Crippen molar-refractivity contribution in [2.24, 2.45) is 5.92 Å². The van der Waals surface area contributed by atoms with Gasteiger partial charge in [0.2, 0.25) is 5.91 Å². The van der Waals surface area contributed by atoms with Crippen molar-refractivity contribution in [3.8, 4) is 0 Å². The first kappa shape index (κ1) is 18.8. The minimum absolute atomic E-state index is 0.0491. The average Bonchev–Trinajstić information content (AvgIpc) is 3.44. The lowest BCUT2D eigenvalue weighted by atomic mass is 10.0. The van der Waals surface area contributed by atoms with Crippen molar-refractivity contribution < 1.29 is 9.59 Å². The molecule has 0 unspecified atom stereocenters. The predicted octanol–water partition coefficient (Wildman–Crippen LogP) is 2.47. The third kappa shape index (κ3) is 4.81. The molecule has 0 radical (unpaired) electrons. The summed E-state index contributed by atoms with van der Waals surface area (Å²) in [4.78, 5) is 29.0. The van der Waals surface area contributed by atoms with Crippen LogP contribution in [0.1, 0.15) is 26.7 Å². The Hall–Kier alpha value is -1.95. The van der Waals surface area contributed by atoms with Crippen LogP contribution < -0.4 is 15.5 Å². The summed E-state index contributed by atoms with van der Waals surface area (Å²) in [6.45, 7) is 6.68. The second kappa shape index (κ2) is 8.16. The molecule has 1 aliphatic carbocycles. The van der Waals surface area contributed by atoms with E-state index in [2.05, 4.69) is 15.5 Å². The van der Waals surface area contributed by atoms with E-state index in [9.17, 15) is 9.59 Å². The van der Waals surface area contributed by atoms with E-state index in [1.54, 1.807) is 4.90 Å². The van der Waals surface area contributed by atoms with E-state index in [1.165, 1.54) is 0 Å². The summed E-state index contributed by atoms with van der Waals surface area (Å²) in [5.74, 6) is -0.0243. The van der Waals surface area contributed by atoms with E-state index in [4.69, 9.17) is 11.6 Å². The largest absolute Gasteiger partial charge is 0.368 e. The molecule has 1 saturated carbocycles. The molecular weight excluding hydrogens is 352 g/mol. The van der Waals surface area contributed by atoms with Crippen LogP contribution in [0.15, 0.2) is 24.3 Å². The van der Waals surface area contributed by atoms with Crippen LogP contribution in [0, 0.1) is 5.92 Å². The molecule has 2 aliphatic rings. The highest BCUT2D eigenvalue weighted by Gasteiger charge is 2.31. The van der Waals surface area contributed by atoms with Gasteiger partial charge in [0.1, 0.15) is 6.04 Å². The minimum Gasteiger partial charge on any atom is -0.368 e. The number of anilines is 1. The quantitative estimate of drug-likeness (QED) is 0.827. The van der Waals surface area contributed by atoms with Gasteiger partial charge in [-0.3, -0.25) is 4.79 Å². The summed E-state index contributed by atoms with van der Waals surface area (Å²) >= 11 is 5.94. The van der Waals surface area contributed by atoms with Crippen LogP contribution in [-0.2, 0) is 4.79 Å². The van der Waals surface area contributed by atoms with Gasteiger partial charge in [0.05, 0.1) is 0 Å². The zero-order valence-electron chi connectivity index (χ0n) is 15.4. The first-order valence-corrected chi connectivity index (χ1v) is 9.68. The maximum absolute atomic E-state index is 12.6. The molecule has 3 rings (SSSR count). The number of rotatable bonds is 5. The number of carbonyl (C=O) groups excluding carboxylic acids is 2. The van der Waals surface area contributed by atoms with E-state index in [0.29, 0.717) is 19.1 Å². The maximum Gasteiger partial charge on any atom is 0.318 e. The molecule has 1 aliphatic heterocycles. The molecule has 2 fully saturated rings. The molecule has 1 heterocycles. The summed E-state index contributed by atoms with van der Waals surface area (Å²) < 4.78 is 0. The van der Waals surface area contributed by atoms with Crippen molar-refractivity contribution in [2.45, 2.75) is 38.8 Å². The highest BCUT2D eigenvalue weighted by Crippen LogP contribution is 2.20. The molecule has 6 nitrogen and oxygen atoms in total. The monoisotopic (exact) mass is 378 g/mol. The lowest BCUT2D eigenvalue weighted by Crippen LogP contribution is -2.57. The van der Waals surface area contributed by atoms with Crippen molar-refractivity contribution in [1.29, 1.82) is 0 Å². The number of piperazine rings is 1. The smallest absolute Gasteiger partial charge is 0.318 e. The van der Waals surface area contributed by atoms with Crippen LogP contribution in [0.25, 0.3) is 0 Å². The summed E-state index contributed by atoms with van der Waals surface area (Å²) in [6.07, 6.45) is 2.08. The van der Waals surface area contributed by atoms with E-state index in [0.717, 1.165) is 36.6 Å². The highest BCUT2D eigenvalue weighted by atomic mass is 35.5. The van der Waals surface area contributed by atoms with Gasteiger partial charge in [0.25, 0.3) is 0 Å². The predicted molar refractivity (Wildman–Crippen MR) is 104 cm³/mol. The van der Waals surface area contributed by atoms with Gasteiger partial charge in [-0.05, 0) is 43.0 Å². The van der Waals surface area contributed by atoms with Gasteiger partial charge in [-0.2, -0.15) is 0 Å². The molecule has 7 heteroatoms. The van der Waals surface area contributed by atoms with Crippen LogP contribution in [0.2, 0.25) is 5.02 Å². The maximum atomic E-state index is 12.6. The Kier molecular flexibility index (Phi) is 5.91. The molecule has 2 N–H and O–H groups in total. The van der Waals surface area contributed by atoms with Gasteiger partial charge in [-0.15, -0.1) is 0 Å². The molecular formula is C19H27ClN4O2. The summed E-state index contributed by atoms with van der Waals surface area (Å²) in [6, 6.07) is 7.39. The molecule has 1 aromatic carbocycles. The third-order valence-electron chi connectivity index (χ3n) is 4.91. The molecule has 3 amide bonds. The normalized spacial score (nSPS) is 18.6. The Labute approximate surface area is 159 Å². The molecule has 0 spiro atoms. The summed E-state index contributed by atoms with van der Waals surface area (Å²) in [5, 5.41) is 6.62. The number of hydrogen-bond donors (Lipinski definition) is 2. The SMILES string of the molecule is CC(C)[C@@H](NC(=O)N1CCN(c2ccc(Cl)cc2)CC1)C(=O)NC1CC1. The Bertz CT molecular complexity index is 637. The third-order valence-corrected chi connectivity index (χ3v) is 5.16. The fraction of sp³-hybridized carbons (Fsp3) is 0.579. The molecule has 1 saturated heterocycles. The first-order valence-electron chi connectivity index (χ1n) is 9.30. The van der Waals surface area contributed by atoms with E-state index < -0.39 is 6.04 Å². The molecule has 1 atom stereocenters. The zero-order chi connectivity index (χ0) is 18.7. The van der Waals surface area contributed by atoms with Gasteiger partial charge in [0.15, 0.2) is 0 Å². The topological polar surface area (TPSA) is 64.7 Å². The van der Waals surface area contributed by atoms with Gasteiger partial charge in [-0.25, -0.2) is 4.79 Å². The second-order valence-electron chi connectivity index (χ2n) is 7.40. The number of carbonyl (C=O) groups is 2. The zero-order valence-corrected chi connectivity index (χ0v) is 16.1. The number of halogens is 1. The fourth-order valence-corrected chi connectivity index (χ4v) is 3.22.